The zero-order valence-electron chi connectivity index (χ0n) is 15.4. The highest BCUT2D eigenvalue weighted by Gasteiger charge is 2.23. The van der Waals surface area contributed by atoms with Crippen LogP contribution >= 0.6 is 23.1 Å². The second kappa shape index (κ2) is 8.28. The Balaban J connectivity index is 1.47. The monoisotopic (exact) mass is 414 g/mol. The Bertz CT molecular complexity index is 924. The lowest BCUT2D eigenvalue weighted by Crippen LogP contribution is -2.37. The second-order valence-electron chi connectivity index (χ2n) is 6.63. The van der Waals surface area contributed by atoms with Gasteiger partial charge in [0.25, 0.3) is 0 Å². The molecule has 0 spiro atoms. The van der Waals surface area contributed by atoms with Crippen molar-refractivity contribution in [2.24, 2.45) is 10.7 Å². The third-order valence-corrected chi connectivity index (χ3v) is 6.78. The molecule has 8 heteroatoms. The lowest BCUT2D eigenvalue weighted by atomic mass is 10.2. The van der Waals surface area contributed by atoms with Gasteiger partial charge in [-0.15, -0.1) is 23.1 Å². The lowest BCUT2D eigenvalue weighted by Gasteiger charge is -2.33. The largest absolute Gasteiger partial charge is 0.477 e. The number of aliphatic carboxylic acids is 1. The van der Waals surface area contributed by atoms with Crippen LogP contribution < -0.4 is 10.6 Å². The first-order chi connectivity index (χ1) is 13.6. The summed E-state index contributed by atoms with van der Waals surface area (Å²) in [5.41, 5.74) is 8.59. The molecule has 3 N–H and O–H groups in total. The average molecular weight is 415 g/mol. The Labute approximate surface area is 172 Å². The molecule has 1 aromatic carbocycles. The smallest absolute Gasteiger partial charge is 0.351 e. The molecule has 2 aromatic rings. The van der Waals surface area contributed by atoms with Crippen molar-refractivity contribution in [3.8, 4) is 0 Å². The molecule has 2 aliphatic rings. The summed E-state index contributed by atoms with van der Waals surface area (Å²) in [7, 11) is 0. The Hall–Kier alpha value is -2.45. The van der Waals surface area contributed by atoms with Crippen molar-refractivity contribution in [1.29, 1.82) is 0 Å². The molecule has 2 aliphatic heterocycles. The van der Waals surface area contributed by atoms with E-state index in [9.17, 15) is 9.90 Å². The number of benzene rings is 1. The van der Waals surface area contributed by atoms with Gasteiger partial charge in [0.05, 0.1) is 16.3 Å². The molecule has 0 amide bonds. The molecule has 1 aromatic heterocycles. The fraction of sp³-hybridized carbons (Fsp3) is 0.300. The molecule has 0 fully saturated rings. The normalized spacial score (nSPS) is 16.9. The van der Waals surface area contributed by atoms with Crippen molar-refractivity contribution in [1.82, 2.24) is 4.90 Å². The maximum absolute atomic E-state index is 11.3. The number of thioether (sulfide) groups is 1. The summed E-state index contributed by atoms with van der Waals surface area (Å²) in [6.45, 7) is 3.26. The second-order valence-corrected chi connectivity index (χ2v) is 8.72. The van der Waals surface area contributed by atoms with Crippen molar-refractivity contribution in [2.45, 2.75) is 11.3 Å². The molecule has 6 nitrogen and oxygen atoms in total. The first kappa shape index (κ1) is 18.9. The van der Waals surface area contributed by atoms with E-state index < -0.39 is 5.97 Å². The molecule has 4 rings (SSSR count). The summed E-state index contributed by atoms with van der Waals surface area (Å²) in [4.78, 5) is 22.4. The zero-order valence-corrected chi connectivity index (χ0v) is 17.0. The zero-order chi connectivity index (χ0) is 19.5. The average Bonchev–Trinajstić information content (AvgIpc) is 3.38. The highest BCUT2D eigenvalue weighted by molar-refractivity contribution is 7.99. The SMILES string of the molecule is NC(=Nc1ccc2c(c1)SCCN2CCN1CCC=C1C(=O)O)c1cccs1. The molecule has 0 saturated carbocycles. The van der Waals surface area contributed by atoms with Crippen LogP contribution in [0.1, 0.15) is 11.3 Å². The summed E-state index contributed by atoms with van der Waals surface area (Å²) in [6.07, 6.45) is 2.62. The van der Waals surface area contributed by atoms with Gasteiger partial charge in [-0.05, 0) is 36.1 Å². The van der Waals surface area contributed by atoms with Gasteiger partial charge in [0, 0.05) is 36.8 Å². The molecular weight excluding hydrogens is 392 g/mol. The topological polar surface area (TPSA) is 82.2 Å². The molecule has 0 saturated heterocycles. The molecule has 0 radical (unpaired) electrons. The van der Waals surface area contributed by atoms with Gasteiger partial charge in [-0.25, -0.2) is 9.79 Å². The third kappa shape index (κ3) is 4.02. The van der Waals surface area contributed by atoms with Crippen LogP contribution in [0.25, 0.3) is 0 Å². The van der Waals surface area contributed by atoms with Gasteiger partial charge in [-0.2, -0.15) is 0 Å². The fourth-order valence-electron chi connectivity index (χ4n) is 3.49. The van der Waals surface area contributed by atoms with E-state index in [0.717, 1.165) is 42.4 Å². The number of carbonyl (C=O) groups is 1. The van der Waals surface area contributed by atoms with E-state index in [1.54, 1.807) is 11.3 Å². The molecule has 3 heterocycles. The molecule has 0 atom stereocenters. The Morgan fingerprint density at radius 3 is 2.86 bits per heavy atom. The number of rotatable bonds is 6. The van der Waals surface area contributed by atoms with E-state index in [1.165, 1.54) is 10.6 Å². The number of anilines is 1. The molecule has 28 heavy (non-hydrogen) atoms. The van der Waals surface area contributed by atoms with Gasteiger partial charge in [0.2, 0.25) is 0 Å². The summed E-state index contributed by atoms with van der Waals surface area (Å²) < 4.78 is 0. The maximum atomic E-state index is 11.3. The minimum atomic E-state index is -0.835. The van der Waals surface area contributed by atoms with Gasteiger partial charge < -0.3 is 20.6 Å². The highest BCUT2D eigenvalue weighted by Crippen LogP contribution is 2.37. The summed E-state index contributed by atoms with van der Waals surface area (Å²) >= 11 is 3.41. The number of fused-ring (bicyclic) bond motifs is 1. The molecule has 146 valence electrons. The molecular formula is C20H22N4O2S2. The van der Waals surface area contributed by atoms with Crippen LogP contribution in [-0.2, 0) is 4.79 Å². The summed E-state index contributed by atoms with van der Waals surface area (Å²) in [5, 5.41) is 11.3. The van der Waals surface area contributed by atoms with Crippen LogP contribution in [0.15, 0.2) is 57.4 Å². The van der Waals surface area contributed by atoms with E-state index in [0.29, 0.717) is 18.1 Å². The van der Waals surface area contributed by atoms with Gasteiger partial charge in [-0.3, -0.25) is 0 Å². The van der Waals surface area contributed by atoms with Crippen molar-refractivity contribution < 1.29 is 9.90 Å². The lowest BCUT2D eigenvalue weighted by molar-refractivity contribution is -0.134. The van der Waals surface area contributed by atoms with Crippen LogP contribution in [0, 0.1) is 0 Å². The van der Waals surface area contributed by atoms with Crippen molar-refractivity contribution >= 4 is 46.3 Å². The Morgan fingerprint density at radius 1 is 1.21 bits per heavy atom. The van der Waals surface area contributed by atoms with Crippen molar-refractivity contribution in [3.63, 3.8) is 0 Å². The van der Waals surface area contributed by atoms with Crippen LogP contribution in [0.5, 0.6) is 0 Å². The summed E-state index contributed by atoms with van der Waals surface area (Å²) in [6, 6.07) is 10.1. The van der Waals surface area contributed by atoms with E-state index >= 15 is 0 Å². The quantitative estimate of drug-likeness (QED) is 0.557. The van der Waals surface area contributed by atoms with Crippen LogP contribution in [0.3, 0.4) is 0 Å². The van der Waals surface area contributed by atoms with E-state index in [4.69, 9.17) is 5.73 Å². The minimum absolute atomic E-state index is 0.431. The van der Waals surface area contributed by atoms with Gasteiger partial charge >= 0.3 is 5.97 Å². The Morgan fingerprint density at radius 2 is 2.07 bits per heavy atom. The van der Waals surface area contributed by atoms with Crippen LogP contribution in [-0.4, -0.2) is 53.7 Å². The predicted molar refractivity (Wildman–Crippen MR) is 116 cm³/mol. The number of aliphatic imine (C=N–C) groups is 1. The number of nitrogens with two attached hydrogens (primary N) is 1. The predicted octanol–water partition coefficient (Wildman–Crippen LogP) is 3.37. The maximum Gasteiger partial charge on any atom is 0.351 e. The highest BCUT2D eigenvalue weighted by atomic mass is 32.2. The first-order valence-electron chi connectivity index (χ1n) is 9.20. The molecule has 0 bridgehead atoms. The van der Waals surface area contributed by atoms with Crippen LogP contribution in [0.2, 0.25) is 0 Å². The number of carboxylic acid groups (broad SMARTS) is 1. The summed E-state index contributed by atoms with van der Waals surface area (Å²) in [5.74, 6) is 0.704. The number of hydrogen-bond acceptors (Lipinski definition) is 6. The van der Waals surface area contributed by atoms with Gasteiger partial charge in [-0.1, -0.05) is 12.1 Å². The molecule has 0 aliphatic carbocycles. The van der Waals surface area contributed by atoms with E-state index in [1.807, 2.05) is 46.3 Å². The third-order valence-electron chi connectivity index (χ3n) is 4.86. The fourth-order valence-corrected chi connectivity index (χ4v) is 5.20. The first-order valence-corrected chi connectivity index (χ1v) is 11.1. The Kier molecular flexibility index (Phi) is 5.59. The van der Waals surface area contributed by atoms with Gasteiger partial charge in [0.1, 0.15) is 11.5 Å². The van der Waals surface area contributed by atoms with Crippen LogP contribution in [0.4, 0.5) is 11.4 Å². The van der Waals surface area contributed by atoms with E-state index in [2.05, 4.69) is 22.0 Å². The number of carboxylic acids is 1. The standard InChI is InChI=1S/C20H22N4O2S2/c21-19(17-4-2-11-27-17)22-14-5-6-15-18(13-14)28-12-10-24(15)9-8-23-7-1-3-16(23)20(25)26/h2-6,11,13H,1,7-10,12H2,(H2,21,22)(H,25,26). The van der Waals surface area contributed by atoms with Crippen molar-refractivity contribution in [3.05, 3.63) is 52.4 Å². The number of nitrogens with zero attached hydrogens (tertiary/aromatic N) is 3. The van der Waals surface area contributed by atoms with Crippen molar-refractivity contribution in [2.75, 3.05) is 36.8 Å². The molecule has 0 unspecified atom stereocenters. The minimum Gasteiger partial charge on any atom is -0.477 e. The number of hydrogen-bond donors (Lipinski definition) is 2. The number of amidine groups is 1. The van der Waals surface area contributed by atoms with Gasteiger partial charge in [0.15, 0.2) is 0 Å². The number of thiophene rings is 1. The van der Waals surface area contributed by atoms with E-state index in [-0.39, 0.29) is 0 Å².